The lowest BCUT2D eigenvalue weighted by Crippen LogP contribution is -2.13. The molecule has 0 amide bonds. The number of nitrogens with one attached hydrogen (secondary N) is 1. The third kappa shape index (κ3) is 4.30. The number of nitrogen functional groups attached to an aromatic ring is 1. The number of rotatable bonds is 6. The summed E-state index contributed by atoms with van der Waals surface area (Å²) in [6.45, 7) is 3.95. The molecule has 1 heterocycles. The maximum absolute atomic E-state index is 11.8. The Morgan fingerprint density at radius 1 is 1.50 bits per heavy atom. The van der Waals surface area contributed by atoms with E-state index in [0.717, 1.165) is 5.00 Å². The zero-order valence-corrected chi connectivity index (χ0v) is 12.3. The molecule has 0 aliphatic rings. The van der Waals surface area contributed by atoms with Crippen LogP contribution in [0.2, 0.25) is 0 Å². The number of ketones is 1. The van der Waals surface area contributed by atoms with Gasteiger partial charge in [-0.05, 0) is 6.07 Å². The molecule has 0 fully saturated rings. The zero-order chi connectivity index (χ0) is 13.9. The molecule has 0 aliphatic carbocycles. The van der Waals surface area contributed by atoms with Gasteiger partial charge >= 0.3 is 0 Å². The van der Waals surface area contributed by atoms with Crippen LogP contribution in [0.25, 0.3) is 0 Å². The standard InChI is InChI=1S/C11H18N2O3S2/c1-7(2)10(14)11-8(12)6-9(17-11)13-4-5-18(3,15)16/h6-7,13H,4-5,12H2,1-3H3. The van der Waals surface area contributed by atoms with Crippen LogP contribution in [0.15, 0.2) is 6.07 Å². The van der Waals surface area contributed by atoms with E-state index in [9.17, 15) is 13.2 Å². The number of anilines is 2. The van der Waals surface area contributed by atoms with Gasteiger partial charge in [-0.25, -0.2) is 8.42 Å². The summed E-state index contributed by atoms with van der Waals surface area (Å²) in [6, 6.07) is 1.67. The van der Waals surface area contributed by atoms with E-state index >= 15 is 0 Å². The first-order valence-electron chi connectivity index (χ1n) is 5.56. The normalized spacial score (nSPS) is 11.8. The van der Waals surface area contributed by atoms with Crippen molar-refractivity contribution < 1.29 is 13.2 Å². The number of hydrogen-bond donors (Lipinski definition) is 2. The van der Waals surface area contributed by atoms with Crippen LogP contribution in [-0.2, 0) is 9.84 Å². The highest BCUT2D eigenvalue weighted by Gasteiger charge is 2.17. The summed E-state index contributed by atoms with van der Waals surface area (Å²) in [5.41, 5.74) is 6.21. The maximum atomic E-state index is 11.8. The zero-order valence-electron chi connectivity index (χ0n) is 10.7. The van der Waals surface area contributed by atoms with Crippen molar-refractivity contribution in [2.45, 2.75) is 13.8 Å². The predicted molar refractivity (Wildman–Crippen MR) is 76.1 cm³/mol. The second-order valence-electron chi connectivity index (χ2n) is 4.47. The summed E-state index contributed by atoms with van der Waals surface area (Å²) in [5.74, 6) is -0.0402. The fourth-order valence-corrected chi connectivity index (χ4v) is 2.87. The first-order chi connectivity index (χ1) is 8.20. The van der Waals surface area contributed by atoms with Crippen LogP contribution in [0, 0.1) is 5.92 Å². The van der Waals surface area contributed by atoms with Gasteiger partial charge in [0.2, 0.25) is 0 Å². The number of sulfone groups is 1. The van der Waals surface area contributed by atoms with E-state index in [1.807, 2.05) is 13.8 Å². The molecule has 0 bridgehead atoms. The first kappa shape index (κ1) is 15.0. The van der Waals surface area contributed by atoms with Gasteiger partial charge in [0.15, 0.2) is 5.78 Å². The number of thiophene rings is 1. The van der Waals surface area contributed by atoms with Crippen LogP contribution < -0.4 is 11.1 Å². The Labute approximate surface area is 111 Å². The Balaban J connectivity index is 2.70. The van der Waals surface area contributed by atoms with E-state index in [-0.39, 0.29) is 17.5 Å². The van der Waals surface area contributed by atoms with Crippen molar-refractivity contribution in [3.63, 3.8) is 0 Å². The molecule has 0 radical (unpaired) electrons. The quantitative estimate of drug-likeness (QED) is 0.777. The number of nitrogens with two attached hydrogens (primary N) is 1. The lowest BCUT2D eigenvalue weighted by atomic mass is 10.1. The monoisotopic (exact) mass is 290 g/mol. The smallest absolute Gasteiger partial charge is 0.177 e. The minimum Gasteiger partial charge on any atom is -0.397 e. The van der Waals surface area contributed by atoms with Crippen molar-refractivity contribution in [2.24, 2.45) is 5.92 Å². The SMILES string of the molecule is CC(C)C(=O)c1sc(NCCS(C)(=O)=O)cc1N. The summed E-state index contributed by atoms with van der Waals surface area (Å²) in [4.78, 5) is 12.4. The molecule has 0 unspecified atom stereocenters. The fraction of sp³-hybridized carbons (Fsp3) is 0.545. The van der Waals surface area contributed by atoms with E-state index in [1.165, 1.54) is 17.6 Å². The van der Waals surface area contributed by atoms with Crippen LogP contribution >= 0.6 is 11.3 Å². The Hall–Kier alpha value is -1.08. The molecular formula is C11H18N2O3S2. The third-order valence-electron chi connectivity index (χ3n) is 2.28. The van der Waals surface area contributed by atoms with Crippen LogP contribution in [0.3, 0.4) is 0 Å². The molecule has 1 aromatic heterocycles. The summed E-state index contributed by atoms with van der Waals surface area (Å²) in [6.07, 6.45) is 1.19. The molecule has 5 nitrogen and oxygen atoms in total. The molecule has 0 atom stereocenters. The third-order valence-corrected chi connectivity index (χ3v) is 4.35. The van der Waals surface area contributed by atoms with Crippen molar-refractivity contribution in [3.8, 4) is 0 Å². The van der Waals surface area contributed by atoms with E-state index in [4.69, 9.17) is 5.73 Å². The predicted octanol–water partition coefficient (Wildman–Crippen LogP) is 1.63. The fourth-order valence-electron chi connectivity index (χ4n) is 1.31. The molecule has 102 valence electrons. The number of carbonyl (C=O) groups is 1. The Bertz CT molecular complexity index is 532. The number of Topliss-reactive ketones (excluding diaryl/α,β-unsaturated/α-hetero) is 1. The van der Waals surface area contributed by atoms with Gasteiger partial charge in [0.1, 0.15) is 9.84 Å². The average molecular weight is 290 g/mol. The van der Waals surface area contributed by atoms with Crippen molar-refractivity contribution in [3.05, 3.63) is 10.9 Å². The summed E-state index contributed by atoms with van der Waals surface area (Å²) < 4.78 is 22.0. The van der Waals surface area contributed by atoms with E-state index in [1.54, 1.807) is 6.07 Å². The molecule has 1 aromatic rings. The molecule has 1 rings (SSSR count). The molecule has 0 saturated carbocycles. The van der Waals surface area contributed by atoms with Gasteiger partial charge < -0.3 is 11.1 Å². The minimum atomic E-state index is -2.98. The second-order valence-corrected chi connectivity index (χ2v) is 7.78. The van der Waals surface area contributed by atoms with Gasteiger partial charge in [-0.15, -0.1) is 11.3 Å². The maximum Gasteiger partial charge on any atom is 0.177 e. The molecule has 7 heteroatoms. The van der Waals surface area contributed by atoms with Crippen LogP contribution in [0.1, 0.15) is 23.5 Å². The van der Waals surface area contributed by atoms with Crippen molar-refractivity contribution in [1.29, 1.82) is 0 Å². The van der Waals surface area contributed by atoms with Gasteiger partial charge in [0.05, 0.1) is 21.3 Å². The van der Waals surface area contributed by atoms with Crippen molar-refractivity contribution in [2.75, 3.05) is 29.6 Å². The van der Waals surface area contributed by atoms with Gasteiger partial charge in [-0.1, -0.05) is 13.8 Å². The summed E-state index contributed by atoms with van der Waals surface area (Å²) >= 11 is 1.27. The van der Waals surface area contributed by atoms with Gasteiger partial charge in [0, 0.05) is 18.7 Å². The van der Waals surface area contributed by atoms with Crippen molar-refractivity contribution in [1.82, 2.24) is 0 Å². The highest BCUT2D eigenvalue weighted by atomic mass is 32.2. The average Bonchev–Trinajstić information content (AvgIpc) is 2.56. The largest absolute Gasteiger partial charge is 0.397 e. The Morgan fingerprint density at radius 3 is 2.61 bits per heavy atom. The first-order valence-corrected chi connectivity index (χ1v) is 8.43. The molecule has 0 spiro atoms. The molecule has 18 heavy (non-hydrogen) atoms. The molecule has 0 saturated heterocycles. The van der Waals surface area contributed by atoms with Crippen molar-refractivity contribution >= 4 is 37.6 Å². The van der Waals surface area contributed by atoms with Crippen LogP contribution in [-0.4, -0.2) is 32.8 Å². The van der Waals surface area contributed by atoms with Gasteiger partial charge in [-0.2, -0.15) is 0 Å². The minimum absolute atomic E-state index is 0.00802. The summed E-state index contributed by atoms with van der Waals surface area (Å²) in [7, 11) is -2.98. The summed E-state index contributed by atoms with van der Waals surface area (Å²) in [5, 5.41) is 3.69. The lowest BCUT2D eigenvalue weighted by molar-refractivity contribution is 0.0944. The van der Waals surface area contributed by atoms with Gasteiger partial charge in [0.25, 0.3) is 0 Å². The van der Waals surface area contributed by atoms with E-state index in [2.05, 4.69) is 5.32 Å². The topological polar surface area (TPSA) is 89.3 Å². The number of carbonyl (C=O) groups excluding carboxylic acids is 1. The highest BCUT2D eigenvalue weighted by molar-refractivity contribution is 7.90. The Kier molecular flexibility index (Phi) is 4.75. The second kappa shape index (κ2) is 5.71. The van der Waals surface area contributed by atoms with E-state index in [0.29, 0.717) is 17.1 Å². The van der Waals surface area contributed by atoms with Gasteiger partial charge in [-0.3, -0.25) is 4.79 Å². The molecule has 0 aliphatic heterocycles. The van der Waals surface area contributed by atoms with E-state index < -0.39 is 9.84 Å². The highest BCUT2D eigenvalue weighted by Crippen LogP contribution is 2.30. The molecule has 3 N–H and O–H groups in total. The number of hydrogen-bond acceptors (Lipinski definition) is 6. The lowest BCUT2D eigenvalue weighted by Gasteiger charge is -2.02. The molecule has 0 aromatic carbocycles. The molecular weight excluding hydrogens is 272 g/mol. The Morgan fingerprint density at radius 2 is 2.11 bits per heavy atom. The van der Waals surface area contributed by atoms with Crippen LogP contribution in [0.4, 0.5) is 10.7 Å². The van der Waals surface area contributed by atoms with Crippen LogP contribution in [0.5, 0.6) is 0 Å².